The second-order valence-electron chi connectivity index (χ2n) is 1.89. The Morgan fingerprint density at radius 2 is 1.25 bits per heavy atom. The zero-order valence-electron chi connectivity index (χ0n) is 5.59. The Kier molecular flexibility index (Phi) is 8.03. The molecule has 79 valence electrons. The summed E-state index contributed by atoms with van der Waals surface area (Å²) in [4.78, 5) is 0. The second-order valence-corrected chi connectivity index (χ2v) is 1.89. The zero-order valence-corrected chi connectivity index (χ0v) is 6.53. The standard InChI is InChI=1S/C5H6F6.Cu/c6-1-2(7)3(8)4(9)5(10)11;/h2-5H,1H2;. The van der Waals surface area contributed by atoms with Crippen molar-refractivity contribution in [2.24, 2.45) is 0 Å². The van der Waals surface area contributed by atoms with Crippen LogP contribution in [-0.2, 0) is 17.1 Å². The van der Waals surface area contributed by atoms with Crippen molar-refractivity contribution in [2.45, 2.75) is 24.9 Å². The van der Waals surface area contributed by atoms with Gasteiger partial charge in [0.1, 0.15) is 6.67 Å². The van der Waals surface area contributed by atoms with Crippen LogP contribution in [0.5, 0.6) is 0 Å². The van der Waals surface area contributed by atoms with E-state index in [4.69, 9.17) is 0 Å². The summed E-state index contributed by atoms with van der Waals surface area (Å²) in [6.45, 7) is -1.80. The molecule has 0 aromatic carbocycles. The molecule has 0 aliphatic carbocycles. The van der Waals surface area contributed by atoms with Crippen molar-refractivity contribution in [1.82, 2.24) is 0 Å². The molecule has 0 heterocycles. The van der Waals surface area contributed by atoms with Gasteiger partial charge in [0.2, 0.25) is 0 Å². The summed E-state index contributed by atoms with van der Waals surface area (Å²) >= 11 is 0. The van der Waals surface area contributed by atoms with Crippen molar-refractivity contribution in [1.29, 1.82) is 0 Å². The molecule has 7 heteroatoms. The van der Waals surface area contributed by atoms with Crippen LogP contribution in [0.15, 0.2) is 0 Å². The van der Waals surface area contributed by atoms with Gasteiger partial charge in [0.25, 0.3) is 6.43 Å². The van der Waals surface area contributed by atoms with Gasteiger partial charge in [-0.05, 0) is 0 Å². The van der Waals surface area contributed by atoms with E-state index in [9.17, 15) is 26.3 Å². The largest absolute Gasteiger partial charge is 0.272 e. The van der Waals surface area contributed by atoms with Crippen LogP contribution in [0, 0.1) is 0 Å². The quantitative estimate of drug-likeness (QED) is 0.525. The van der Waals surface area contributed by atoms with Crippen LogP contribution < -0.4 is 0 Å². The van der Waals surface area contributed by atoms with Crippen LogP contribution in [0.1, 0.15) is 0 Å². The Morgan fingerprint density at radius 1 is 0.833 bits per heavy atom. The Hall–Kier alpha value is 0.0995. The first-order chi connectivity index (χ1) is 5.00. The number of hydrogen-bond acceptors (Lipinski definition) is 0. The molecule has 1 radical (unpaired) electrons. The zero-order chi connectivity index (χ0) is 9.02. The maximum absolute atomic E-state index is 12.0. The monoisotopic (exact) mass is 243 g/mol. The van der Waals surface area contributed by atoms with E-state index in [1.807, 2.05) is 0 Å². The fourth-order valence-electron chi connectivity index (χ4n) is 0.424. The van der Waals surface area contributed by atoms with Crippen LogP contribution in [0.25, 0.3) is 0 Å². The summed E-state index contributed by atoms with van der Waals surface area (Å²) in [6.07, 6.45) is -12.8. The Morgan fingerprint density at radius 3 is 1.50 bits per heavy atom. The molecular formula is C5H6CuF6. The molecule has 0 fully saturated rings. The molecule has 12 heavy (non-hydrogen) atoms. The second kappa shape index (κ2) is 6.60. The van der Waals surface area contributed by atoms with E-state index in [0.29, 0.717) is 0 Å². The fourth-order valence-corrected chi connectivity index (χ4v) is 0.424. The minimum absolute atomic E-state index is 0. The van der Waals surface area contributed by atoms with E-state index in [2.05, 4.69) is 0 Å². The average molecular weight is 244 g/mol. The SMILES string of the molecule is FCC(F)C(F)C(F)C(F)F.[Cu]. The summed E-state index contributed by atoms with van der Waals surface area (Å²) in [7, 11) is 0. The summed E-state index contributed by atoms with van der Waals surface area (Å²) < 4.78 is 69.4. The van der Waals surface area contributed by atoms with Crippen LogP contribution >= 0.6 is 0 Å². The van der Waals surface area contributed by atoms with Gasteiger partial charge in [-0.2, -0.15) is 0 Å². The topological polar surface area (TPSA) is 0 Å². The Labute approximate surface area is 75.8 Å². The number of rotatable bonds is 4. The van der Waals surface area contributed by atoms with Gasteiger partial charge in [0, 0.05) is 17.1 Å². The van der Waals surface area contributed by atoms with Crippen molar-refractivity contribution < 1.29 is 43.4 Å². The maximum atomic E-state index is 12.0. The normalized spacial score (nSPS) is 18.2. The van der Waals surface area contributed by atoms with E-state index in [0.717, 1.165) is 0 Å². The van der Waals surface area contributed by atoms with Gasteiger partial charge in [0.15, 0.2) is 18.5 Å². The van der Waals surface area contributed by atoms with Crippen LogP contribution in [-0.4, -0.2) is 31.6 Å². The smallest absolute Gasteiger partial charge is 0.248 e. The first kappa shape index (κ1) is 14.6. The van der Waals surface area contributed by atoms with E-state index in [-0.39, 0.29) is 17.1 Å². The van der Waals surface area contributed by atoms with E-state index >= 15 is 0 Å². The number of halogens is 6. The molecule has 0 spiro atoms. The Bertz CT molecular complexity index is 110. The molecule has 0 nitrogen and oxygen atoms in total. The van der Waals surface area contributed by atoms with Crippen LogP contribution in [0.2, 0.25) is 0 Å². The van der Waals surface area contributed by atoms with Crippen molar-refractivity contribution in [3.8, 4) is 0 Å². The van der Waals surface area contributed by atoms with E-state index in [1.54, 1.807) is 0 Å². The number of hydrogen-bond donors (Lipinski definition) is 0. The molecule has 0 aliphatic heterocycles. The molecule has 0 saturated heterocycles. The summed E-state index contributed by atoms with van der Waals surface area (Å²) in [5.41, 5.74) is 0. The van der Waals surface area contributed by atoms with Gasteiger partial charge in [0.05, 0.1) is 0 Å². The molecule has 0 bridgehead atoms. The third-order valence-electron chi connectivity index (χ3n) is 1.04. The maximum Gasteiger partial charge on any atom is 0.272 e. The first-order valence-electron chi connectivity index (χ1n) is 2.77. The van der Waals surface area contributed by atoms with Gasteiger partial charge < -0.3 is 0 Å². The van der Waals surface area contributed by atoms with E-state index in [1.165, 1.54) is 0 Å². The molecular weight excluding hydrogens is 238 g/mol. The third kappa shape index (κ3) is 4.21. The predicted molar refractivity (Wildman–Crippen MR) is 26.7 cm³/mol. The molecule has 3 unspecified atom stereocenters. The molecule has 0 amide bonds. The molecule has 3 atom stereocenters. The van der Waals surface area contributed by atoms with Crippen molar-refractivity contribution in [3.05, 3.63) is 0 Å². The summed E-state index contributed by atoms with van der Waals surface area (Å²) in [6, 6.07) is 0. The summed E-state index contributed by atoms with van der Waals surface area (Å²) in [5, 5.41) is 0. The third-order valence-corrected chi connectivity index (χ3v) is 1.04. The number of alkyl halides is 6. The van der Waals surface area contributed by atoms with Gasteiger partial charge in [-0.25, -0.2) is 26.3 Å². The van der Waals surface area contributed by atoms with E-state index < -0.39 is 31.6 Å². The first-order valence-corrected chi connectivity index (χ1v) is 2.77. The molecule has 0 saturated carbocycles. The predicted octanol–water partition coefficient (Wildman–Crippen LogP) is 2.23. The van der Waals surface area contributed by atoms with Crippen LogP contribution in [0.3, 0.4) is 0 Å². The van der Waals surface area contributed by atoms with Crippen LogP contribution in [0.4, 0.5) is 26.3 Å². The molecule has 0 aliphatic rings. The molecule has 0 rings (SSSR count). The summed E-state index contributed by atoms with van der Waals surface area (Å²) in [5.74, 6) is 0. The van der Waals surface area contributed by atoms with Crippen molar-refractivity contribution >= 4 is 0 Å². The van der Waals surface area contributed by atoms with Gasteiger partial charge in [-0.3, -0.25) is 0 Å². The fraction of sp³-hybridized carbons (Fsp3) is 1.00. The molecule has 0 aromatic rings. The Balaban J connectivity index is 0. The van der Waals surface area contributed by atoms with Gasteiger partial charge >= 0.3 is 0 Å². The van der Waals surface area contributed by atoms with Crippen molar-refractivity contribution in [2.75, 3.05) is 6.67 Å². The molecule has 0 aromatic heterocycles. The van der Waals surface area contributed by atoms with Crippen molar-refractivity contribution in [3.63, 3.8) is 0 Å². The van der Waals surface area contributed by atoms with Gasteiger partial charge in [-0.1, -0.05) is 0 Å². The van der Waals surface area contributed by atoms with Gasteiger partial charge in [-0.15, -0.1) is 0 Å². The average Bonchev–Trinajstić information content (AvgIpc) is 2.00. The minimum atomic E-state index is -3.62. The molecule has 0 N–H and O–H groups in total. The minimum Gasteiger partial charge on any atom is -0.248 e.